The lowest BCUT2D eigenvalue weighted by molar-refractivity contribution is 0.137. The van der Waals surface area contributed by atoms with Gasteiger partial charge in [0.05, 0.1) is 0 Å². The monoisotopic (exact) mass is 249 g/mol. The van der Waals surface area contributed by atoms with Crippen LogP contribution in [-0.4, -0.2) is 48.7 Å². The summed E-state index contributed by atoms with van der Waals surface area (Å²) < 4.78 is 27.1. The van der Waals surface area contributed by atoms with E-state index in [4.69, 9.17) is 5.73 Å². The first-order valence-corrected chi connectivity index (χ1v) is 7.33. The molecule has 0 aromatic carbocycles. The Balaban J connectivity index is 2.63. The summed E-state index contributed by atoms with van der Waals surface area (Å²) in [5.41, 5.74) is 5.76. The normalized spacial score (nSPS) is 21.1. The second-order valence-corrected chi connectivity index (χ2v) is 6.40. The molecule has 0 aromatic rings. The van der Waals surface area contributed by atoms with Crippen LogP contribution in [0.4, 0.5) is 0 Å². The van der Waals surface area contributed by atoms with Gasteiger partial charge < -0.3 is 5.73 Å². The molecule has 6 heteroatoms. The van der Waals surface area contributed by atoms with Gasteiger partial charge in [-0.05, 0) is 6.42 Å². The summed E-state index contributed by atoms with van der Waals surface area (Å²) in [5, 5.41) is 0. The highest BCUT2D eigenvalue weighted by molar-refractivity contribution is 7.86. The Bertz CT molecular complexity index is 319. The van der Waals surface area contributed by atoms with E-state index in [1.54, 1.807) is 0 Å². The molecular formula is C10H23N3O2S. The highest BCUT2D eigenvalue weighted by Crippen LogP contribution is 2.27. The first kappa shape index (κ1) is 13.9. The van der Waals surface area contributed by atoms with Crippen molar-refractivity contribution in [2.24, 2.45) is 5.73 Å². The highest BCUT2D eigenvalue weighted by Gasteiger charge is 2.45. The van der Waals surface area contributed by atoms with E-state index in [9.17, 15) is 8.42 Å². The minimum atomic E-state index is -3.27. The lowest BCUT2D eigenvalue weighted by Crippen LogP contribution is -2.70. The summed E-state index contributed by atoms with van der Waals surface area (Å²) in [7, 11) is -3.27. The Morgan fingerprint density at radius 2 is 1.75 bits per heavy atom. The molecule has 1 saturated heterocycles. The van der Waals surface area contributed by atoms with Gasteiger partial charge in [-0.2, -0.15) is 17.0 Å². The second-order valence-electron chi connectivity index (χ2n) is 4.47. The topological polar surface area (TPSA) is 66.6 Å². The van der Waals surface area contributed by atoms with E-state index in [1.165, 1.54) is 8.61 Å². The fraction of sp³-hybridized carbons (Fsp3) is 1.00. The molecule has 1 rings (SSSR count). The molecule has 16 heavy (non-hydrogen) atoms. The Morgan fingerprint density at radius 1 is 1.25 bits per heavy atom. The number of hydrogen-bond acceptors (Lipinski definition) is 3. The molecule has 1 fully saturated rings. The number of hydrogen-bond donors (Lipinski definition) is 1. The molecule has 0 aromatic heterocycles. The van der Waals surface area contributed by atoms with Crippen LogP contribution >= 0.6 is 0 Å². The predicted octanol–water partition coefficient (Wildman–Crippen LogP) is 0.386. The average molecular weight is 249 g/mol. The Kier molecular flexibility index (Phi) is 4.34. The smallest absolute Gasteiger partial charge is 0.282 e. The van der Waals surface area contributed by atoms with Gasteiger partial charge in [0.25, 0.3) is 10.2 Å². The summed E-state index contributed by atoms with van der Waals surface area (Å²) >= 11 is 0. The van der Waals surface area contributed by atoms with Gasteiger partial charge in [-0.15, -0.1) is 0 Å². The number of rotatable bonds is 6. The van der Waals surface area contributed by atoms with E-state index in [0.717, 1.165) is 12.8 Å². The van der Waals surface area contributed by atoms with Gasteiger partial charge in [-0.1, -0.05) is 27.2 Å². The molecule has 0 unspecified atom stereocenters. The van der Waals surface area contributed by atoms with Crippen LogP contribution in [0.5, 0.6) is 0 Å². The molecule has 1 aliphatic rings. The molecule has 0 atom stereocenters. The summed E-state index contributed by atoms with van der Waals surface area (Å²) in [6, 6.07) is 0. The maximum atomic E-state index is 12.1. The standard InChI is InChI=1S/C10H23N3O2S/c1-4-7-10(11)8-13(9-10)16(14,15)12(5-2)6-3/h4-9,11H2,1-3H3. The largest absolute Gasteiger partial charge is 0.323 e. The quantitative estimate of drug-likeness (QED) is 0.740. The third-order valence-corrected chi connectivity index (χ3v) is 5.17. The molecule has 0 bridgehead atoms. The Labute approximate surface area is 98.8 Å². The van der Waals surface area contributed by atoms with E-state index in [1.807, 2.05) is 13.8 Å². The second kappa shape index (κ2) is 5.00. The van der Waals surface area contributed by atoms with E-state index >= 15 is 0 Å². The molecule has 0 saturated carbocycles. The third kappa shape index (κ3) is 2.56. The summed E-state index contributed by atoms with van der Waals surface area (Å²) in [5.74, 6) is 0. The van der Waals surface area contributed by atoms with E-state index in [2.05, 4.69) is 6.92 Å². The zero-order valence-electron chi connectivity index (χ0n) is 10.4. The van der Waals surface area contributed by atoms with Crippen LogP contribution in [0.1, 0.15) is 33.6 Å². The molecule has 96 valence electrons. The van der Waals surface area contributed by atoms with Gasteiger partial charge in [-0.3, -0.25) is 0 Å². The van der Waals surface area contributed by atoms with E-state index in [-0.39, 0.29) is 5.54 Å². The van der Waals surface area contributed by atoms with Gasteiger partial charge in [0, 0.05) is 31.7 Å². The van der Waals surface area contributed by atoms with Crippen molar-refractivity contribution in [2.45, 2.75) is 39.2 Å². The Morgan fingerprint density at radius 3 is 2.12 bits per heavy atom. The van der Waals surface area contributed by atoms with Crippen LogP contribution < -0.4 is 5.73 Å². The van der Waals surface area contributed by atoms with Crippen molar-refractivity contribution in [3.05, 3.63) is 0 Å². The van der Waals surface area contributed by atoms with Crippen molar-refractivity contribution in [3.63, 3.8) is 0 Å². The molecule has 5 nitrogen and oxygen atoms in total. The van der Waals surface area contributed by atoms with Gasteiger partial charge in [0.1, 0.15) is 0 Å². The summed E-state index contributed by atoms with van der Waals surface area (Å²) in [4.78, 5) is 0. The minimum Gasteiger partial charge on any atom is -0.323 e. The third-order valence-electron chi connectivity index (χ3n) is 3.09. The molecule has 1 heterocycles. The minimum absolute atomic E-state index is 0.297. The van der Waals surface area contributed by atoms with E-state index in [0.29, 0.717) is 26.2 Å². The predicted molar refractivity (Wildman–Crippen MR) is 65.2 cm³/mol. The van der Waals surface area contributed by atoms with Crippen molar-refractivity contribution in [1.29, 1.82) is 0 Å². The van der Waals surface area contributed by atoms with Crippen LogP contribution in [0, 0.1) is 0 Å². The lowest BCUT2D eigenvalue weighted by atomic mass is 9.89. The van der Waals surface area contributed by atoms with Gasteiger partial charge in [0.2, 0.25) is 0 Å². The van der Waals surface area contributed by atoms with E-state index < -0.39 is 10.2 Å². The number of nitrogens with zero attached hydrogens (tertiary/aromatic N) is 2. The summed E-state index contributed by atoms with van der Waals surface area (Å²) in [6.07, 6.45) is 1.88. The zero-order chi connectivity index (χ0) is 12.4. The van der Waals surface area contributed by atoms with Crippen molar-refractivity contribution in [3.8, 4) is 0 Å². The van der Waals surface area contributed by atoms with Crippen molar-refractivity contribution >= 4 is 10.2 Å². The first-order valence-electron chi connectivity index (χ1n) is 5.93. The molecule has 0 radical (unpaired) electrons. The van der Waals surface area contributed by atoms with Crippen molar-refractivity contribution in [1.82, 2.24) is 8.61 Å². The van der Waals surface area contributed by atoms with Crippen LogP contribution in [0.3, 0.4) is 0 Å². The van der Waals surface area contributed by atoms with Crippen LogP contribution in [0.15, 0.2) is 0 Å². The van der Waals surface area contributed by atoms with Crippen LogP contribution in [-0.2, 0) is 10.2 Å². The highest BCUT2D eigenvalue weighted by atomic mass is 32.2. The molecule has 0 spiro atoms. The van der Waals surface area contributed by atoms with Gasteiger partial charge in [0.15, 0.2) is 0 Å². The van der Waals surface area contributed by atoms with Gasteiger partial charge >= 0.3 is 0 Å². The first-order chi connectivity index (χ1) is 7.39. The van der Waals surface area contributed by atoms with Crippen molar-refractivity contribution in [2.75, 3.05) is 26.2 Å². The molecule has 0 amide bonds. The fourth-order valence-corrected chi connectivity index (χ4v) is 4.01. The molecule has 2 N–H and O–H groups in total. The molecular weight excluding hydrogens is 226 g/mol. The molecule has 1 aliphatic heterocycles. The average Bonchev–Trinajstić information content (AvgIpc) is 2.15. The lowest BCUT2D eigenvalue weighted by Gasteiger charge is -2.47. The number of nitrogens with two attached hydrogens (primary N) is 1. The van der Waals surface area contributed by atoms with Gasteiger partial charge in [-0.25, -0.2) is 0 Å². The SMILES string of the molecule is CCCC1(N)CN(S(=O)(=O)N(CC)CC)C1. The van der Waals surface area contributed by atoms with Crippen LogP contribution in [0.25, 0.3) is 0 Å². The van der Waals surface area contributed by atoms with Crippen LogP contribution in [0.2, 0.25) is 0 Å². The Hall–Kier alpha value is -0.170. The van der Waals surface area contributed by atoms with Crippen molar-refractivity contribution < 1.29 is 8.42 Å². The maximum Gasteiger partial charge on any atom is 0.282 e. The fourth-order valence-electron chi connectivity index (χ4n) is 2.19. The maximum absolute atomic E-state index is 12.1. The molecule has 0 aliphatic carbocycles. The zero-order valence-corrected chi connectivity index (χ0v) is 11.3. The summed E-state index contributed by atoms with van der Waals surface area (Å²) in [6.45, 7) is 7.71.